The summed E-state index contributed by atoms with van der Waals surface area (Å²) in [6, 6.07) is 0. The molecule has 0 radical (unpaired) electrons. The second kappa shape index (κ2) is 4.43. The van der Waals surface area contributed by atoms with Crippen LogP contribution in [0, 0.1) is 11.3 Å². The molecule has 3 nitrogen and oxygen atoms in total. The maximum absolute atomic E-state index is 9.52. The van der Waals surface area contributed by atoms with Gasteiger partial charge in [0.15, 0.2) is 0 Å². The molecule has 0 spiro atoms. The molecule has 3 heteroatoms. The van der Waals surface area contributed by atoms with E-state index in [-0.39, 0.29) is 12.7 Å². The van der Waals surface area contributed by atoms with Crippen LogP contribution in [0.3, 0.4) is 0 Å². The summed E-state index contributed by atoms with van der Waals surface area (Å²) >= 11 is 0. The molecule has 1 aliphatic carbocycles. The summed E-state index contributed by atoms with van der Waals surface area (Å²) < 4.78 is 10.6. The summed E-state index contributed by atoms with van der Waals surface area (Å²) in [4.78, 5) is 0. The average molecular weight is 200 g/mol. The molecule has 0 saturated heterocycles. The van der Waals surface area contributed by atoms with Gasteiger partial charge < -0.3 is 14.6 Å². The van der Waals surface area contributed by atoms with Crippen molar-refractivity contribution in [3.05, 3.63) is 12.2 Å². The third-order valence-electron chi connectivity index (χ3n) is 3.39. The number of aliphatic hydroxyl groups excluding tert-OH is 1. The molecule has 1 fully saturated rings. The van der Waals surface area contributed by atoms with Crippen LogP contribution in [-0.4, -0.2) is 38.6 Å². The van der Waals surface area contributed by atoms with Crippen LogP contribution in [-0.2, 0) is 9.47 Å². The van der Waals surface area contributed by atoms with Gasteiger partial charge in [-0.2, -0.15) is 0 Å². The third-order valence-corrected chi connectivity index (χ3v) is 3.39. The van der Waals surface area contributed by atoms with E-state index in [2.05, 4.69) is 13.5 Å². The zero-order valence-corrected chi connectivity index (χ0v) is 9.25. The van der Waals surface area contributed by atoms with Crippen LogP contribution < -0.4 is 0 Å². The second-order valence-corrected chi connectivity index (χ2v) is 4.13. The Morgan fingerprint density at radius 2 is 2.21 bits per heavy atom. The van der Waals surface area contributed by atoms with Gasteiger partial charge in [-0.15, -0.1) is 0 Å². The lowest BCUT2D eigenvalue weighted by molar-refractivity contribution is -0.0453. The fourth-order valence-electron chi connectivity index (χ4n) is 2.40. The van der Waals surface area contributed by atoms with Crippen LogP contribution in [0.5, 0.6) is 0 Å². The molecule has 0 aromatic heterocycles. The molecule has 0 aromatic rings. The molecule has 82 valence electrons. The number of rotatable bonds is 4. The molecular formula is C11H20O3. The Morgan fingerprint density at radius 1 is 1.57 bits per heavy atom. The van der Waals surface area contributed by atoms with Crippen LogP contribution in [0.15, 0.2) is 12.2 Å². The van der Waals surface area contributed by atoms with Crippen LogP contribution in [0.2, 0.25) is 0 Å². The van der Waals surface area contributed by atoms with Crippen molar-refractivity contribution in [1.29, 1.82) is 0 Å². The van der Waals surface area contributed by atoms with E-state index in [1.54, 1.807) is 14.2 Å². The van der Waals surface area contributed by atoms with Crippen molar-refractivity contribution in [2.24, 2.45) is 11.3 Å². The SMILES string of the molecule is C=C1[C@@H](C)C[C@H](OC)[C@@]1(CO)COC. The van der Waals surface area contributed by atoms with Gasteiger partial charge in [-0.05, 0) is 12.3 Å². The Kier molecular flexibility index (Phi) is 3.70. The zero-order valence-electron chi connectivity index (χ0n) is 9.25. The van der Waals surface area contributed by atoms with Gasteiger partial charge in [-0.1, -0.05) is 19.1 Å². The molecule has 14 heavy (non-hydrogen) atoms. The van der Waals surface area contributed by atoms with Gasteiger partial charge in [0.05, 0.1) is 24.7 Å². The lowest BCUT2D eigenvalue weighted by Crippen LogP contribution is -2.40. The minimum atomic E-state index is -0.400. The third kappa shape index (κ3) is 1.60. The van der Waals surface area contributed by atoms with E-state index in [1.807, 2.05) is 0 Å². The number of ether oxygens (including phenoxy) is 2. The van der Waals surface area contributed by atoms with Crippen molar-refractivity contribution in [3.63, 3.8) is 0 Å². The summed E-state index contributed by atoms with van der Waals surface area (Å²) in [5.74, 6) is 0.391. The van der Waals surface area contributed by atoms with Crippen LogP contribution >= 0.6 is 0 Å². The topological polar surface area (TPSA) is 38.7 Å². The minimum Gasteiger partial charge on any atom is -0.395 e. The standard InChI is InChI=1S/C11H20O3/c1-8-5-10(14-4)11(6-12,7-13-3)9(8)2/h8,10,12H,2,5-7H2,1,3-4H3/t8-,10-,11-/m0/s1. The van der Waals surface area contributed by atoms with Crippen LogP contribution in [0.1, 0.15) is 13.3 Å². The fourth-order valence-corrected chi connectivity index (χ4v) is 2.40. The maximum atomic E-state index is 9.52. The highest BCUT2D eigenvalue weighted by Crippen LogP contribution is 2.46. The molecule has 1 rings (SSSR count). The summed E-state index contributed by atoms with van der Waals surface area (Å²) in [6.07, 6.45) is 0.939. The van der Waals surface area contributed by atoms with Crippen molar-refractivity contribution < 1.29 is 14.6 Å². The van der Waals surface area contributed by atoms with Gasteiger partial charge in [-0.25, -0.2) is 0 Å². The van der Waals surface area contributed by atoms with E-state index >= 15 is 0 Å². The first-order chi connectivity index (χ1) is 6.62. The van der Waals surface area contributed by atoms with Crippen molar-refractivity contribution in [3.8, 4) is 0 Å². The molecule has 0 heterocycles. The minimum absolute atomic E-state index is 0.0231. The van der Waals surface area contributed by atoms with Gasteiger partial charge in [0.2, 0.25) is 0 Å². The van der Waals surface area contributed by atoms with Gasteiger partial charge in [0.25, 0.3) is 0 Å². The number of aliphatic hydroxyl groups is 1. The summed E-state index contributed by atoms with van der Waals surface area (Å²) in [5, 5.41) is 9.52. The average Bonchev–Trinajstić information content (AvgIpc) is 2.43. The highest BCUT2D eigenvalue weighted by molar-refractivity contribution is 5.23. The molecule has 0 amide bonds. The second-order valence-electron chi connectivity index (χ2n) is 4.13. The first-order valence-electron chi connectivity index (χ1n) is 4.94. The monoisotopic (exact) mass is 200 g/mol. The Labute approximate surface area is 85.7 Å². The number of hydrogen-bond donors (Lipinski definition) is 1. The molecule has 0 aliphatic heterocycles. The van der Waals surface area contributed by atoms with Crippen molar-refractivity contribution in [1.82, 2.24) is 0 Å². The Morgan fingerprint density at radius 3 is 2.64 bits per heavy atom. The molecule has 1 aliphatic rings. The van der Waals surface area contributed by atoms with Crippen LogP contribution in [0.4, 0.5) is 0 Å². The molecule has 0 bridgehead atoms. The molecule has 3 atom stereocenters. The van der Waals surface area contributed by atoms with Gasteiger partial charge in [-0.3, -0.25) is 0 Å². The van der Waals surface area contributed by atoms with Crippen molar-refractivity contribution >= 4 is 0 Å². The lowest BCUT2D eigenvalue weighted by Gasteiger charge is -2.33. The highest BCUT2D eigenvalue weighted by atomic mass is 16.5. The predicted octanol–water partition coefficient (Wildman–Crippen LogP) is 1.22. The largest absolute Gasteiger partial charge is 0.395 e. The quantitative estimate of drug-likeness (QED) is 0.693. The predicted molar refractivity (Wildman–Crippen MR) is 55.1 cm³/mol. The normalized spacial score (nSPS) is 37.9. The van der Waals surface area contributed by atoms with Crippen molar-refractivity contribution in [2.75, 3.05) is 27.4 Å². The summed E-state index contributed by atoms with van der Waals surface area (Å²) in [6.45, 7) is 6.69. The smallest absolute Gasteiger partial charge is 0.0714 e. The van der Waals surface area contributed by atoms with Gasteiger partial charge in [0, 0.05) is 14.2 Å². The molecular weight excluding hydrogens is 180 g/mol. The Balaban J connectivity index is 2.93. The first kappa shape index (κ1) is 11.7. The summed E-state index contributed by atoms with van der Waals surface area (Å²) in [5.41, 5.74) is 0.650. The van der Waals surface area contributed by atoms with E-state index in [9.17, 15) is 5.11 Å². The molecule has 0 unspecified atom stereocenters. The number of hydrogen-bond acceptors (Lipinski definition) is 3. The Bertz CT molecular complexity index is 215. The van der Waals surface area contributed by atoms with E-state index < -0.39 is 5.41 Å². The van der Waals surface area contributed by atoms with E-state index in [1.165, 1.54) is 0 Å². The van der Waals surface area contributed by atoms with Crippen LogP contribution in [0.25, 0.3) is 0 Å². The fraction of sp³-hybridized carbons (Fsp3) is 0.818. The summed E-state index contributed by atoms with van der Waals surface area (Å²) in [7, 11) is 3.32. The van der Waals surface area contributed by atoms with Crippen molar-refractivity contribution in [2.45, 2.75) is 19.4 Å². The van der Waals surface area contributed by atoms with E-state index in [0.29, 0.717) is 12.5 Å². The first-order valence-corrected chi connectivity index (χ1v) is 4.94. The Hall–Kier alpha value is -0.380. The van der Waals surface area contributed by atoms with Gasteiger partial charge in [0.1, 0.15) is 0 Å². The molecule has 1 saturated carbocycles. The maximum Gasteiger partial charge on any atom is 0.0714 e. The molecule has 0 aromatic carbocycles. The van der Waals surface area contributed by atoms with E-state index in [0.717, 1.165) is 12.0 Å². The van der Waals surface area contributed by atoms with E-state index in [4.69, 9.17) is 9.47 Å². The number of methoxy groups -OCH3 is 2. The lowest BCUT2D eigenvalue weighted by atomic mass is 9.81. The molecule has 1 N–H and O–H groups in total. The van der Waals surface area contributed by atoms with Gasteiger partial charge >= 0.3 is 0 Å². The highest BCUT2D eigenvalue weighted by Gasteiger charge is 2.49. The zero-order chi connectivity index (χ0) is 10.8.